The van der Waals surface area contributed by atoms with E-state index >= 15 is 0 Å². The third kappa shape index (κ3) is 3.34. The first-order valence-electron chi connectivity index (χ1n) is 5.43. The average Bonchev–Trinajstić information content (AvgIpc) is 2.20. The summed E-state index contributed by atoms with van der Waals surface area (Å²) in [5, 5.41) is 2.76. The van der Waals surface area contributed by atoms with Crippen molar-refractivity contribution in [3.63, 3.8) is 0 Å². The van der Waals surface area contributed by atoms with Gasteiger partial charge in [0.25, 0.3) is 0 Å². The molecule has 0 heterocycles. The molecular formula is C11H18N2O3. The molecule has 3 N–H and O–H groups in total. The minimum absolute atomic E-state index is 0.0873. The second-order valence-corrected chi connectivity index (χ2v) is 3.86. The van der Waals surface area contributed by atoms with Gasteiger partial charge in [0.2, 0.25) is 5.91 Å². The molecule has 2 atom stereocenters. The number of ether oxygens (including phenoxy) is 1. The number of esters is 1. The van der Waals surface area contributed by atoms with Crippen LogP contribution in [0.15, 0.2) is 11.6 Å². The highest BCUT2D eigenvalue weighted by Gasteiger charge is 2.26. The second kappa shape index (κ2) is 5.65. The van der Waals surface area contributed by atoms with Gasteiger partial charge in [-0.3, -0.25) is 4.79 Å². The van der Waals surface area contributed by atoms with E-state index in [-0.39, 0.29) is 24.0 Å². The number of nitrogens with one attached hydrogen (secondary N) is 1. The molecule has 1 rings (SSSR count). The molecule has 1 unspecified atom stereocenters. The van der Waals surface area contributed by atoms with Crippen molar-refractivity contribution >= 4 is 11.9 Å². The Morgan fingerprint density at radius 1 is 1.62 bits per heavy atom. The first-order chi connectivity index (χ1) is 7.54. The summed E-state index contributed by atoms with van der Waals surface area (Å²) in [4.78, 5) is 22.3. The Balaban J connectivity index is 2.59. The zero-order chi connectivity index (χ0) is 12.1. The van der Waals surface area contributed by atoms with Gasteiger partial charge < -0.3 is 15.8 Å². The predicted octanol–water partition coefficient (Wildman–Crippen LogP) is 0.102. The molecule has 1 amide bonds. The highest BCUT2D eigenvalue weighted by molar-refractivity contribution is 5.88. The summed E-state index contributed by atoms with van der Waals surface area (Å²) in [5.41, 5.74) is 6.50. The van der Waals surface area contributed by atoms with Crippen LogP contribution in [0.3, 0.4) is 0 Å². The zero-order valence-corrected chi connectivity index (χ0v) is 9.66. The lowest BCUT2D eigenvalue weighted by Gasteiger charge is -2.28. The molecule has 0 aromatic rings. The number of hydrogen-bond acceptors (Lipinski definition) is 4. The van der Waals surface area contributed by atoms with Crippen molar-refractivity contribution in [1.82, 2.24) is 5.32 Å². The van der Waals surface area contributed by atoms with E-state index in [2.05, 4.69) is 5.32 Å². The molecule has 16 heavy (non-hydrogen) atoms. The van der Waals surface area contributed by atoms with Crippen molar-refractivity contribution < 1.29 is 14.3 Å². The minimum atomic E-state index is -0.306. The maximum absolute atomic E-state index is 11.4. The molecule has 0 aromatic carbocycles. The third-order valence-corrected chi connectivity index (χ3v) is 2.52. The van der Waals surface area contributed by atoms with Crippen LogP contribution in [0.2, 0.25) is 0 Å². The van der Waals surface area contributed by atoms with Crippen molar-refractivity contribution in [1.29, 1.82) is 0 Å². The SMILES string of the molecule is CCOC(=O)C1=CCC(NC(C)=O)[C@@H](N)C1. The smallest absolute Gasteiger partial charge is 0.333 e. The summed E-state index contributed by atoms with van der Waals surface area (Å²) in [7, 11) is 0. The van der Waals surface area contributed by atoms with Gasteiger partial charge in [-0.15, -0.1) is 0 Å². The van der Waals surface area contributed by atoms with Crippen LogP contribution >= 0.6 is 0 Å². The quantitative estimate of drug-likeness (QED) is 0.669. The summed E-state index contributed by atoms with van der Waals surface area (Å²) in [6.45, 7) is 3.58. The van der Waals surface area contributed by atoms with Crippen LogP contribution in [0, 0.1) is 0 Å². The van der Waals surface area contributed by atoms with Crippen molar-refractivity contribution in [2.75, 3.05) is 6.61 Å². The van der Waals surface area contributed by atoms with E-state index in [0.29, 0.717) is 25.0 Å². The highest BCUT2D eigenvalue weighted by Crippen LogP contribution is 2.18. The van der Waals surface area contributed by atoms with Gasteiger partial charge in [-0.2, -0.15) is 0 Å². The fraction of sp³-hybridized carbons (Fsp3) is 0.636. The van der Waals surface area contributed by atoms with Crippen LogP contribution in [-0.2, 0) is 14.3 Å². The Labute approximate surface area is 95.0 Å². The number of nitrogens with two attached hydrogens (primary N) is 1. The van der Waals surface area contributed by atoms with E-state index < -0.39 is 0 Å². The monoisotopic (exact) mass is 226 g/mol. The van der Waals surface area contributed by atoms with Gasteiger partial charge in [-0.05, 0) is 19.8 Å². The summed E-state index contributed by atoms with van der Waals surface area (Å²) in [6.07, 6.45) is 2.82. The van der Waals surface area contributed by atoms with Crippen LogP contribution in [0.25, 0.3) is 0 Å². The molecule has 0 saturated carbocycles. The van der Waals surface area contributed by atoms with E-state index in [1.807, 2.05) is 0 Å². The maximum atomic E-state index is 11.4. The van der Waals surface area contributed by atoms with Crippen LogP contribution < -0.4 is 11.1 Å². The molecule has 0 saturated heterocycles. The maximum Gasteiger partial charge on any atom is 0.333 e. The van der Waals surface area contributed by atoms with Crippen molar-refractivity contribution in [2.45, 2.75) is 38.8 Å². The molecule has 0 aromatic heterocycles. The Kier molecular flexibility index (Phi) is 4.49. The van der Waals surface area contributed by atoms with Crippen LogP contribution in [0.4, 0.5) is 0 Å². The number of amides is 1. The number of carbonyl (C=O) groups excluding carboxylic acids is 2. The van der Waals surface area contributed by atoms with E-state index in [4.69, 9.17) is 10.5 Å². The summed E-state index contributed by atoms with van der Waals surface area (Å²) in [6, 6.07) is -0.316. The van der Waals surface area contributed by atoms with Gasteiger partial charge in [0.15, 0.2) is 0 Å². The van der Waals surface area contributed by atoms with Crippen LogP contribution in [0.1, 0.15) is 26.7 Å². The lowest BCUT2D eigenvalue weighted by Crippen LogP contribution is -2.48. The molecule has 5 heteroatoms. The van der Waals surface area contributed by atoms with E-state index in [1.54, 1.807) is 13.0 Å². The number of carbonyl (C=O) groups is 2. The summed E-state index contributed by atoms with van der Waals surface area (Å²) < 4.78 is 4.90. The normalized spacial score (nSPS) is 24.6. The molecule has 0 fully saturated rings. The standard InChI is InChI=1S/C11H18N2O3/c1-3-16-11(15)8-4-5-10(9(12)6-8)13-7(2)14/h4,9-10H,3,5-6,12H2,1-2H3,(H,13,14)/t9-,10?/m0/s1. The first-order valence-corrected chi connectivity index (χ1v) is 5.43. The Morgan fingerprint density at radius 3 is 2.81 bits per heavy atom. The van der Waals surface area contributed by atoms with Crippen molar-refractivity contribution in [3.8, 4) is 0 Å². The molecular weight excluding hydrogens is 208 g/mol. The molecule has 0 bridgehead atoms. The third-order valence-electron chi connectivity index (χ3n) is 2.52. The summed E-state index contributed by atoms with van der Waals surface area (Å²) >= 11 is 0. The Morgan fingerprint density at radius 2 is 2.31 bits per heavy atom. The fourth-order valence-electron chi connectivity index (χ4n) is 1.74. The highest BCUT2D eigenvalue weighted by atomic mass is 16.5. The molecule has 5 nitrogen and oxygen atoms in total. The van der Waals surface area contributed by atoms with Gasteiger partial charge in [0.05, 0.1) is 6.61 Å². The number of hydrogen-bond donors (Lipinski definition) is 2. The van der Waals surface area contributed by atoms with Crippen LogP contribution in [0.5, 0.6) is 0 Å². The molecule has 90 valence electrons. The molecule has 1 aliphatic carbocycles. The lowest BCUT2D eigenvalue weighted by molar-refractivity contribution is -0.138. The zero-order valence-electron chi connectivity index (χ0n) is 9.66. The molecule has 0 radical (unpaired) electrons. The average molecular weight is 226 g/mol. The largest absolute Gasteiger partial charge is 0.463 e. The van der Waals surface area contributed by atoms with E-state index in [0.717, 1.165) is 0 Å². The van der Waals surface area contributed by atoms with E-state index in [1.165, 1.54) is 6.92 Å². The predicted molar refractivity (Wildman–Crippen MR) is 59.5 cm³/mol. The molecule has 0 spiro atoms. The van der Waals surface area contributed by atoms with Gasteiger partial charge in [0, 0.05) is 24.6 Å². The van der Waals surface area contributed by atoms with Gasteiger partial charge in [-0.25, -0.2) is 4.79 Å². The van der Waals surface area contributed by atoms with Gasteiger partial charge >= 0.3 is 5.97 Å². The Bertz CT molecular complexity index is 312. The second-order valence-electron chi connectivity index (χ2n) is 3.86. The molecule has 1 aliphatic rings. The number of rotatable bonds is 3. The van der Waals surface area contributed by atoms with Gasteiger partial charge in [0.1, 0.15) is 0 Å². The van der Waals surface area contributed by atoms with Crippen LogP contribution in [-0.4, -0.2) is 30.6 Å². The summed E-state index contributed by atoms with van der Waals surface area (Å²) in [5.74, 6) is -0.410. The topological polar surface area (TPSA) is 81.4 Å². The van der Waals surface area contributed by atoms with Crippen molar-refractivity contribution in [3.05, 3.63) is 11.6 Å². The Hall–Kier alpha value is -1.36. The lowest BCUT2D eigenvalue weighted by atomic mass is 9.91. The fourth-order valence-corrected chi connectivity index (χ4v) is 1.74. The molecule has 0 aliphatic heterocycles. The van der Waals surface area contributed by atoms with E-state index in [9.17, 15) is 9.59 Å². The minimum Gasteiger partial charge on any atom is -0.463 e. The first kappa shape index (κ1) is 12.7. The van der Waals surface area contributed by atoms with Gasteiger partial charge in [-0.1, -0.05) is 6.08 Å². The van der Waals surface area contributed by atoms with Crippen molar-refractivity contribution in [2.24, 2.45) is 5.73 Å².